The zero-order valence-corrected chi connectivity index (χ0v) is 14.2. The van der Waals surface area contributed by atoms with Crippen molar-refractivity contribution in [3.05, 3.63) is 90.0 Å². The maximum Gasteiger partial charge on any atom is 0.294 e. The predicted octanol–water partition coefficient (Wildman–Crippen LogP) is 4.83. The number of hydrogen-bond donors (Lipinski definition) is 1. The van der Waals surface area contributed by atoms with E-state index in [9.17, 15) is 13.0 Å². The minimum absolute atomic E-state index is 0.0286. The lowest BCUT2D eigenvalue weighted by Crippen LogP contribution is -2.05. The molecule has 0 fully saturated rings. The van der Waals surface area contributed by atoms with E-state index in [1.54, 1.807) is 6.07 Å². The van der Waals surface area contributed by atoms with Crippen LogP contribution in [0.3, 0.4) is 0 Å². The Hall–Kier alpha value is -2.69. The van der Waals surface area contributed by atoms with Gasteiger partial charge >= 0.3 is 0 Å². The van der Waals surface area contributed by atoms with Crippen molar-refractivity contribution in [1.29, 1.82) is 0 Å². The molecule has 3 nitrogen and oxygen atoms in total. The van der Waals surface area contributed by atoms with Crippen LogP contribution in [0.15, 0.2) is 83.8 Å². The summed E-state index contributed by atoms with van der Waals surface area (Å²) in [6, 6.07) is 24.9. The van der Waals surface area contributed by atoms with E-state index in [4.69, 9.17) is 0 Å². The maximum absolute atomic E-state index is 11.9. The molecule has 0 heterocycles. The zero-order chi connectivity index (χ0) is 17.4. The summed E-state index contributed by atoms with van der Waals surface area (Å²) >= 11 is 0. The van der Waals surface area contributed by atoms with Crippen LogP contribution in [-0.2, 0) is 16.5 Å². The quantitative estimate of drug-likeness (QED) is 0.540. The Kier molecular flexibility index (Phi) is 3.79. The fourth-order valence-electron chi connectivity index (χ4n) is 3.38. The standard InChI is InChI=1S/C21H16O3S/c22-25(23,24)21-13-12-16-7-2-4-11-19(16)20(21)14-17-9-5-8-15-6-1-3-10-18(15)17/h1-13H,14H2,(H,22,23,24). The minimum Gasteiger partial charge on any atom is -0.282 e. The minimum atomic E-state index is -4.30. The smallest absolute Gasteiger partial charge is 0.282 e. The summed E-state index contributed by atoms with van der Waals surface area (Å²) in [5.74, 6) is 0. The van der Waals surface area contributed by atoms with Gasteiger partial charge in [-0.1, -0.05) is 72.8 Å². The lowest BCUT2D eigenvalue weighted by atomic mass is 9.95. The van der Waals surface area contributed by atoms with E-state index in [0.717, 1.165) is 27.1 Å². The van der Waals surface area contributed by atoms with Crippen molar-refractivity contribution >= 4 is 31.7 Å². The van der Waals surface area contributed by atoms with Gasteiger partial charge in [-0.05, 0) is 38.7 Å². The van der Waals surface area contributed by atoms with Crippen LogP contribution in [0.5, 0.6) is 0 Å². The normalized spacial score (nSPS) is 11.9. The Morgan fingerprint density at radius 2 is 1.28 bits per heavy atom. The van der Waals surface area contributed by atoms with E-state index in [1.165, 1.54) is 6.07 Å². The monoisotopic (exact) mass is 348 g/mol. The van der Waals surface area contributed by atoms with Crippen LogP contribution < -0.4 is 0 Å². The van der Waals surface area contributed by atoms with E-state index in [-0.39, 0.29) is 4.90 Å². The summed E-state index contributed by atoms with van der Waals surface area (Å²) in [4.78, 5) is -0.0286. The van der Waals surface area contributed by atoms with Crippen molar-refractivity contribution in [2.45, 2.75) is 11.3 Å². The molecule has 0 aliphatic carbocycles. The van der Waals surface area contributed by atoms with Gasteiger partial charge in [0.1, 0.15) is 0 Å². The van der Waals surface area contributed by atoms with Gasteiger partial charge in [-0.3, -0.25) is 4.55 Å². The molecule has 0 radical (unpaired) electrons. The second-order valence-corrected chi connectivity index (χ2v) is 7.44. The Morgan fingerprint density at radius 3 is 2.00 bits per heavy atom. The molecular formula is C21H16O3S. The Balaban J connectivity index is 1.99. The Labute approximate surface area is 146 Å². The first-order valence-corrected chi connectivity index (χ1v) is 9.43. The maximum atomic E-state index is 11.9. The molecule has 0 saturated heterocycles. The van der Waals surface area contributed by atoms with Crippen molar-refractivity contribution in [2.75, 3.05) is 0 Å². The molecule has 0 saturated carbocycles. The first kappa shape index (κ1) is 15.8. The average molecular weight is 348 g/mol. The van der Waals surface area contributed by atoms with Gasteiger partial charge in [0.25, 0.3) is 10.1 Å². The number of hydrogen-bond acceptors (Lipinski definition) is 2. The summed E-state index contributed by atoms with van der Waals surface area (Å²) < 4.78 is 33.5. The summed E-state index contributed by atoms with van der Waals surface area (Å²) in [5, 5.41) is 3.98. The first-order valence-electron chi connectivity index (χ1n) is 7.99. The highest BCUT2D eigenvalue weighted by Gasteiger charge is 2.18. The molecule has 4 aromatic carbocycles. The molecule has 25 heavy (non-hydrogen) atoms. The van der Waals surface area contributed by atoms with Crippen LogP contribution in [0, 0.1) is 0 Å². The number of rotatable bonds is 3. The molecule has 4 aromatic rings. The highest BCUT2D eigenvalue weighted by Crippen LogP contribution is 2.30. The molecule has 0 unspecified atom stereocenters. The van der Waals surface area contributed by atoms with Crippen molar-refractivity contribution in [3.63, 3.8) is 0 Å². The highest BCUT2D eigenvalue weighted by atomic mass is 32.2. The van der Waals surface area contributed by atoms with Gasteiger partial charge in [-0.25, -0.2) is 0 Å². The van der Waals surface area contributed by atoms with E-state index < -0.39 is 10.1 Å². The predicted molar refractivity (Wildman–Crippen MR) is 101 cm³/mol. The molecule has 0 bridgehead atoms. The summed E-state index contributed by atoms with van der Waals surface area (Å²) in [5.41, 5.74) is 1.65. The average Bonchev–Trinajstić information content (AvgIpc) is 2.61. The molecular weight excluding hydrogens is 332 g/mol. The summed E-state index contributed by atoms with van der Waals surface area (Å²) in [7, 11) is -4.30. The SMILES string of the molecule is O=S(=O)(O)c1ccc2ccccc2c1Cc1cccc2ccccc12. The zero-order valence-electron chi connectivity index (χ0n) is 13.4. The Morgan fingerprint density at radius 1 is 0.680 bits per heavy atom. The van der Waals surface area contributed by atoms with Gasteiger partial charge in [-0.2, -0.15) is 8.42 Å². The fraction of sp³-hybridized carbons (Fsp3) is 0.0476. The molecule has 0 aliphatic heterocycles. The van der Waals surface area contributed by atoms with Gasteiger partial charge in [0.2, 0.25) is 0 Å². The van der Waals surface area contributed by atoms with Crippen LogP contribution >= 0.6 is 0 Å². The molecule has 4 rings (SSSR count). The number of fused-ring (bicyclic) bond motifs is 2. The van der Waals surface area contributed by atoms with E-state index in [1.807, 2.05) is 66.7 Å². The fourth-order valence-corrected chi connectivity index (χ4v) is 4.11. The summed E-state index contributed by atoms with van der Waals surface area (Å²) in [6.07, 6.45) is 0.428. The largest absolute Gasteiger partial charge is 0.294 e. The molecule has 0 aliphatic rings. The van der Waals surface area contributed by atoms with E-state index >= 15 is 0 Å². The van der Waals surface area contributed by atoms with Gasteiger partial charge in [0.05, 0.1) is 4.90 Å². The lowest BCUT2D eigenvalue weighted by molar-refractivity contribution is 0.482. The van der Waals surface area contributed by atoms with E-state index in [2.05, 4.69) is 0 Å². The molecule has 4 heteroatoms. The van der Waals surface area contributed by atoms with Crippen LogP contribution in [0.2, 0.25) is 0 Å². The topological polar surface area (TPSA) is 54.4 Å². The third-order valence-corrected chi connectivity index (χ3v) is 5.46. The van der Waals surface area contributed by atoms with Crippen molar-refractivity contribution in [3.8, 4) is 0 Å². The molecule has 0 spiro atoms. The second-order valence-electron chi connectivity index (χ2n) is 6.05. The van der Waals surface area contributed by atoms with Gasteiger partial charge in [-0.15, -0.1) is 0 Å². The highest BCUT2D eigenvalue weighted by molar-refractivity contribution is 7.85. The molecule has 1 N–H and O–H groups in total. The van der Waals surface area contributed by atoms with E-state index in [0.29, 0.717) is 12.0 Å². The molecule has 124 valence electrons. The van der Waals surface area contributed by atoms with Crippen LogP contribution in [0.25, 0.3) is 21.5 Å². The van der Waals surface area contributed by atoms with Gasteiger partial charge < -0.3 is 0 Å². The summed E-state index contributed by atoms with van der Waals surface area (Å²) in [6.45, 7) is 0. The van der Waals surface area contributed by atoms with Crippen LogP contribution in [-0.4, -0.2) is 13.0 Å². The van der Waals surface area contributed by atoms with Crippen molar-refractivity contribution in [2.24, 2.45) is 0 Å². The molecule has 0 amide bonds. The third-order valence-electron chi connectivity index (χ3n) is 4.52. The molecule has 0 aromatic heterocycles. The van der Waals surface area contributed by atoms with Crippen molar-refractivity contribution in [1.82, 2.24) is 0 Å². The Bertz CT molecular complexity index is 1190. The van der Waals surface area contributed by atoms with Gasteiger partial charge in [0.15, 0.2) is 0 Å². The first-order chi connectivity index (χ1) is 12.0. The molecule has 0 atom stereocenters. The van der Waals surface area contributed by atoms with Crippen molar-refractivity contribution < 1.29 is 13.0 Å². The second kappa shape index (κ2) is 5.99. The van der Waals surface area contributed by atoms with Gasteiger partial charge in [0, 0.05) is 6.42 Å². The van der Waals surface area contributed by atoms with Crippen LogP contribution in [0.1, 0.15) is 11.1 Å². The third kappa shape index (κ3) is 2.90. The lowest BCUT2D eigenvalue weighted by Gasteiger charge is -2.13. The van der Waals surface area contributed by atoms with Crippen LogP contribution in [0.4, 0.5) is 0 Å². The number of benzene rings is 4.